The van der Waals surface area contributed by atoms with E-state index in [4.69, 9.17) is 19.7 Å². The summed E-state index contributed by atoms with van der Waals surface area (Å²) in [5.41, 5.74) is 6.28. The van der Waals surface area contributed by atoms with Crippen LogP contribution in [0.25, 0.3) is 0 Å². The molecule has 0 spiro atoms. The fraction of sp³-hybridized carbons (Fsp3) is 0.655. The Balaban J connectivity index is 1.50. The highest BCUT2D eigenvalue weighted by Crippen LogP contribution is 2.29. The molecule has 0 saturated carbocycles. The topological polar surface area (TPSA) is 170 Å². The van der Waals surface area contributed by atoms with Gasteiger partial charge in [-0.1, -0.05) is 48.9 Å². The first-order valence-electron chi connectivity index (χ1n) is 14.0. The Morgan fingerprint density at radius 1 is 1.23 bits per heavy atom. The van der Waals surface area contributed by atoms with Crippen LogP contribution in [-0.4, -0.2) is 75.3 Å². The molecule has 1 aromatic heterocycles. The van der Waals surface area contributed by atoms with Crippen molar-refractivity contribution >= 4 is 11.8 Å². The fourth-order valence-corrected chi connectivity index (χ4v) is 5.18. The largest absolute Gasteiger partial charge is 0.396 e. The van der Waals surface area contributed by atoms with Crippen molar-refractivity contribution in [3.05, 3.63) is 47.7 Å². The Morgan fingerprint density at radius 2 is 1.98 bits per heavy atom. The molecule has 0 bridgehead atoms. The summed E-state index contributed by atoms with van der Waals surface area (Å²) >= 11 is 0. The third-order valence-corrected chi connectivity index (χ3v) is 7.65. The van der Waals surface area contributed by atoms with Gasteiger partial charge in [-0.3, -0.25) is 9.59 Å². The molecule has 2 amide bonds. The average molecular weight is 561 g/mol. The molecule has 222 valence electrons. The molecule has 0 radical (unpaired) electrons. The van der Waals surface area contributed by atoms with Crippen molar-refractivity contribution in [3.8, 4) is 0 Å². The zero-order valence-corrected chi connectivity index (χ0v) is 24.0. The molecule has 11 heteroatoms. The molecule has 3 heterocycles. The van der Waals surface area contributed by atoms with Gasteiger partial charge in [-0.15, -0.1) is 0 Å². The van der Waals surface area contributed by atoms with Gasteiger partial charge in [0.1, 0.15) is 6.10 Å². The lowest BCUT2D eigenvalue weighted by Gasteiger charge is -2.39. The van der Waals surface area contributed by atoms with Crippen LogP contribution in [0.3, 0.4) is 0 Å². The third-order valence-electron chi connectivity index (χ3n) is 7.65. The van der Waals surface area contributed by atoms with E-state index in [0.29, 0.717) is 24.6 Å². The monoisotopic (exact) mass is 560 g/mol. The van der Waals surface area contributed by atoms with Crippen molar-refractivity contribution in [3.63, 3.8) is 0 Å². The molecule has 2 fully saturated rings. The van der Waals surface area contributed by atoms with Crippen molar-refractivity contribution in [2.24, 2.45) is 17.6 Å². The second kappa shape index (κ2) is 14.7. The van der Waals surface area contributed by atoms with Crippen LogP contribution in [0.2, 0.25) is 0 Å². The number of aliphatic hydroxyl groups excluding tert-OH is 2. The minimum absolute atomic E-state index is 0.00113. The summed E-state index contributed by atoms with van der Waals surface area (Å²) in [5, 5.41) is 27.1. The Morgan fingerprint density at radius 3 is 2.62 bits per heavy atom. The SMILES string of the molecule is CC(/C=C/C1O[C@H](CC(N)=O)CC(CO)[C@@H]1O)=C\CC1OC(C)C(NC(=O)/C=C\C(C)c2noc(C)n2)CC1C. The highest BCUT2D eigenvalue weighted by molar-refractivity contribution is 5.87. The molecule has 3 rings (SSSR count). The normalized spacial score (nSPS) is 32.4. The standard InChI is InChI=1S/C29H44N4O7/c1-16(7-10-25-28(37)21(15-34)13-22(39-25)14-26(30)35)6-9-24-18(3)12-23(19(4)38-24)32-27(36)11-8-17(2)29-31-20(5)40-33-29/h6-8,10-11,17-19,21-25,28,34,37H,9,12-15H2,1-5H3,(H2,30,35)(H,32,36)/b10-7+,11-8-,16-6+/t17?,18?,19?,21?,22-,23?,24?,25?,28-/m0/s1. The Kier molecular flexibility index (Phi) is 11.6. The van der Waals surface area contributed by atoms with Crippen molar-refractivity contribution < 1.29 is 33.8 Å². The Labute approximate surface area is 235 Å². The summed E-state index contributed by atoms with van der Waals surface area (Å²) in [7, 11) is 0. The van der Waals surface area contributed by atoms with E-state index >= 15 is 0 Å². The van der Waals surface area contributed by atoms with Gasteiger partial charge in [-0.05, 0) is 45.1 Å². The number of aryl methyl sites for hydroxylation is 1. The summed E-state index contributed by atoms with van der Waals surface area (Å²) in [6, 6.07) is -0.103. The molecule has 2 saturated heterocycles. The summed E-state index contributed by atoms with van der Waals surface area (Å²) in [4.78, 5) is 28.1. The zero-order valence-electron chi connectivity index (χ0n) is 24.0. The van der Waals surface area contributed by atoms with E-state index in [1.807, 2.05) is 26.8 Å². The number of primary amides is 1. The van der Waals surface area contributed by atoms with Gasteiger partial charge in [0.2, 0.25) is 17.7 Å². The summed E-state index contributed by atoms with van der Waals surface area (Å²) < 4.78 is 17.1. The number of ether oxygens (including phenoxy) is 2. The number of hydrogen-bond donors (Lipinski definition) is 4. The molecule has 0 aliphatic carbocycles. The predicted octanol–water partition coefficient (Wildman–Crippen LogP) is 2.23. The van der Waals surface area contributed by atoms with Gasteiger partial charge >= 0.3 is 0 Å². The first-order chi connectivity index (χ1) is 19.0. The number of carbonyl (C=O) groups is 2. The maximum atomic E-state index is 12.5. The summed E-state index contributed by atoms with van der Waals surface area (Å²) in [5.74, 6) is 0.0655. The first-order valence-corrected chi connectivity index (χ1v) is 14.0. The van der Waals surface area contributed by atoms with Crippen molar-refractivity contribution in [2.75, 3.05) is 6.61 Å². The highest BCUT2D eigenvalue weighted by atomic mass is 16.5. The second-order valence-electron chi connectivity index (χ2n) is 11.1. The highest BCUT2D eigenvalue weighted by Gasteiger charge is 2.37. The Bertz CT molecular complexity index is 1080. The third kappa shape index (κ3) is 9.09. The minimum atomic E-state index is -0.867. The zero-order chi connectivity index (χ0) is 29.4. The van der Waals surface area contributed by atoms with E-state index < -0.39 is 24.2 Å². The summed E-state index contributed by atoms with van der Waals surface area (Å²) in [6.45, 7) is 9.47. The lowest BCUT2D eigenvalue weighted by Crippen LogP contribution is -2.50. The maximum absolute atomic E-state index is 12.5. The quantitative estimate of drug-likeness (QED) is 0.234. The van der Waals surface area contributed by atoms with Crippen molar-refractivity contribution in [1.82, 2.24) is 15.5 Å². The number of nitrogens with two attached hydrogens (primary N) is 1. The van der Waals surface area contributed by atoms with Gasteiger partial charge in [-0.25, -0.2) is 0 Å². The van der Waals surface area contributed by atoms with E-state index in [1.54, 1.807) is 19.1 Å². The number of carbonyl (C=O) groups excluding carboxylic acids is 2. The molecule has 7 unspecified atom stereocenters. The number of allylic oxidation sites excluding steroid dienone is 3. The predicted molar refractivity (Wildman–Crippen MR) is 148 cm³/mol. The molecular formula is C29H44N4O7. The van der Waals surface area contributed by atoms with Gasteiger partial charge in [0, 0.05) is 25.4 Å². The van der Waals surface area contributed by atoms with Gasteiger partial charge in [0.15, 0.2) is 5.82 Å². The van der Waals surface area contributed by atoms with Crippen molar-refractivity contribution in [2.45, 2.75) is 103 Å². The van der Waals surface area contributed by atoms with Gasteiger partial charge in [0.25, 0.3) is 0 Å². The van der Waals surface area contributed by atoms with Crippen LogP contribution >= 0.6 is 0 Å². The van der Waals surface area contributed by atoms with Crippen LogP contribution in [0.4, 0.5) is 0 Å². The minimum Gasteiger partial charge on any atom is -0.396 e. The summed E-state index contributed by atoms with van der Waals surface area (Å²) in [6.07, 6.45) is 8.80. The molecular weight excluding hydrogens is 516 g/mol. The molecule has 9 atom stereocenters. The lowest BCUT2D eigenvalue weighted by atomic mass is 9.87. The Hall–Kier alpha value is -2.86. The van der Waals surface area contributed by atoms with Crippen LogP contribution in [0, 0.1) is 18.8 Å². The van der Waals surface area contributed by atoms with Gasteiger partial charge < -0.3 is 35.3 Å². The molecule has 2 aliphatic rings. The van der Waals surface area contributed by atoms with E-state index in [2.05, 4.69) is 28.5 Å². The number of nitrogens with one attached hydrogen (secondary N) is 1. The van der Waals surface area contributed by atoms with Gasteiger partial charge in [0.05, 0.1) is 36.9 Å². The number of nitrogens with zero attached hydrogens (tertiary/aromatic N) is 2. The van der Waals surface area contributed by atoms with Gasteiger partial charge in [-0.2, -0.15) is 4.98 Å². The average Bonchev–Trinajstić information content (AvgIpc) is 3.34. The van der Waals surface area contributed by atoms with E-state index in [-0.39, 0.29) is 54.9 Å². The fourth-order valence-electron chi connectivity index (χ4n) is 5.18. The van der Waals surface area contributed by atoms with E-state index in [0.717, 1.165) is 12.0 Å². The second-order valence-corrected chi connectivity index (χ2v) is 11.1. The molecule has 1 aromatic rings. The first kappa shape index (κ1) is 31.7. The molecule has 2 aliphatic heterocycles. The van der Waals surface area contributed by atoms with Crippen LogP contribution in [-0.2, 0) is 19.1 Å². The number of rotatable bonds is 11. The number of aromatic nitrogens is 2. The van der Waals surface area contributed by atoms with Crippen molar-refractivity contribution in [1.29, 1.82) is 0 Å². The number of amides is 2. The van der Waals surface area contributed by atoms with E-state index in [9.17, 15) is 19.8 Å². The number of hydrogen-bond acceptors (Lipinski definition) is 9. The van der Waals surface area contributed by atoms with Crippen LogP contribution in [0.1, 0.15) is 71.0 Å². The molecule has 0 aromatic carbocycles. The molecule has 40 heavy (non-hydrogen) atoms. The van der Waals surface area contributed by atoms with E-state index in [1.165, 1.54) is 6.08 Å². The molecule has 11 nitrogen and oxygen atoms in total. The number of aliphatic hydroxyl groups is 2. The van der Waals surface area contributed by atoms with Crippen LogP contribution < -0.4 is 11.1 Å². The lowest BCUT2D eigenvalue weighted by molar-refractivity contribution is -0.144. The van der Waals surface area contributed by atoms with Crippen LogP contribution in [0.5, 0.6) is 0 Å². The van der Waals surface area contributed by atoms with Crippen LogP contribution in [0.15, 0.2) is 40.5 Å². The maximum Gasteiger partial charge on any atom is 0.243 e. The molecule has 5 N–H and O–H groups in total. The smallest absolute Gasteiger partial charge is 0.243 e.